The van der Waals surface area contributed by atoms with Gasteiger partial charge in [0.05, 0.1) is 16.9 Å². The van der Waals surface area contributed by atoms with Gasteiger partial charge in [0, 0.05) is 6.07 Å². The second-order valence-electron chi connectivity index (χ2n) is 7.09. The minimum atomic E-state index is -4.38. The lowest BCUT2D eigenvalue weighted by Crippen LogP contribution is -2.56. The summed E-state index contributed by atoms with van der Waals surface area (Å²) in [6.07, 6.45) is 0. The lowest BCUT2D eigenvalue weighted by atomic mass is 9.86. The molecule has 0 aromatic heterocycles. The zero-order valence-corrected chi connectivity index (χ0v) is 16.8. The minimum absolute atomic E-state index is 0.485. The minimum Gasteiger partial charge on any atom is -0.273 e. The number of sulfonamides is 1. The van der Waals surface area contributed by atoms with Gasteiger partial charge in [0.2, 0.25) is 5.91 Å². The SMILES string of the molecule is C[C@H]1C(=O)N(S(=O)(=O)c2ccccc2[N+](=O)[O-])[C@H]1c1ccc(-c2ccccc2)cc1. The molecule has 7 nitrogen and oxygen atoms in total. The maximum atomic E-state index is 13.2. The number of para-hydroxylation sites is 1. The molecule has 1 heterocycles. The molecule has 4 rings (SSSR count). The highest BCUT2D eigenvalue weighted by Gasteiger charge is 2.53. The van der Waals surface area contributed by atoms with Gasteiger partial charge in [0.1, 0.15) is 0 Å². The summed E-state index contributed by atoms with van der Waals surface area (Å²) in [5.74, 6) is -1.13. The highest BCUT2D eigenvalue weighted by atomic mass is 32.2. The monoisotopic (exact) mass is 422 g/mol. The Balaban J connectivity index is 1.71. The smallest absolute Gasteiger partial charge is 0.273 e. The molecule has 0 saturated carbocycles. The third-order valence-electron chi connectivity index (χ3n) is 5.29. The molecule has 0 unspecified atom stereocenters. The van der Waals surface area contributed by atoms with Crippen LogP contribution in [0.5, 0.6) is 0 Å². The van der Waals surface area contributed by atoms with Crippen LogP contribution in [0.2, 0.25) is 0 Å². The summed E-state index contributed by atoms with van der Waals surface area (Å²) in [5.41, 5.74) is 2.09. The highest BCUT2D eigenvalue weighted by molar-refractivity contribution is 7.90. The van der Waals surface area contributed by atoms with Gasteiger partial charge < -0.3 is 0 Å². The number of nitro benzene ring substituents is 1. The first-order valence-electron chi connectivity index (χ1n) is 9.29. The van der Waals surface area contributed by atoms with Crippen molar-refractivity contribution in [2.75, 3.05) is 0 Å². The van der Waals surface area contributed by atoms with Crippen molar-refractivity contribution in [2.45, 2.75) is 17.9 Å². The number of hydrogen-bond acceptors (Lipinski definition) is 5. The summed E-state index contributed by atoms with van der Waals surface area (Å²) in [7, 11) is -4.38. The Kier molecular flexibility index (Phi) is 4.87. The van der Waals surface area contributed by atoms with Crippen molar-refractivity contribution in [1.82, 2.24) is 4.31 Å². The van der Waals surface area contributed by atoms with Crippen LogP contribution < -0.4 is 0 Å². The first-order chi connectivity index (χ1) is 14.3. The molecule has 0 aliphatic carbocycles. The molecular formula is C22H18N2O5S. The Bertz CT molecular complexity index is 1220. The van der Waals surface area contributed by atoms with Gasteiger partial charge in [-0.15, -0.1) is 0 Å². The van der Waals surface area contributed by atoms with Gasteiger partial charge in [0.15, 0.2) is 4.90 Å². The number of hydrogen-bond donors (Lipinski definition) is 0. The number of nitrogens with zero attached hydrogens (tertiary/aromatic N) is 2. The molecule has 0 bridgehead atoms. The van der Waals surface area contributed by atoms with Crippen LogP contribution in [0.25, 0.3) is 11.1 Å². The Morgan fingerprint density at radius 1 is 0.867 bits per heavy atom. The van der Waals surface area contributed by atoms with E-state index < -0.39 is 43.4 Å². The number of carbonyl (C=O) groups is 1. The van der Waals surface area contributed by atoms with Crippen molar-refractivity contribution < 1.29 is 18.1 Å². The molecule has 30 heavy (non-hydrogen) atoms. The van der Waals surface area contributed by atoms with E-state index in [0.717, 1.165) is 27.6 Å². The van der Waals surface area contributed by atoms with Gasteiger partial charge >= 0.3 is 0 Å². The molecule has 2 atom stereocenters. The Morgan fingerprint density at radius 3 is 2.07 bits per heavy atom. The van der Waals surface area contributed by atoms with Crippen LogP contribution in [0.1, 0.15) is 18.5 Å². The summed E-state index contributed by atoms with van der Waals surface area (Å²) < 4.78 is 27.1. The highest BCUT2D eigenvalue weighted by Crippen LogP contribution is 2.45. The van der Waals surface area contributed by atoms with Gasteiger partial charge in [0.25, 0.3) is 15.7 Å². The molecule has 0 N–H and O–H groups in total. The van der Waals surface area contributed by atoms with Gasteiger partial charge in [-0.25, -0.2) is 12.7 Å². The molecule has 1 fully saturated rings. The number of carbonyl (C=O) groups excluding carboxylic acids is 1. The fourth-order valence-corrected chi connectivity index (χ4v) is 5.60. The third kappa shape index (κ3) is 3.15. The van der Waals surface area contributed by atoms with E-state index in [1.165, 1.54) is 12.1 Å². The van der Waals surface area contributed by atoms with Crippen LogP contribution in [-0.2, 0) is 14.8 Å². The fourth-order valence-electron chi connectivity index (χ4n) is 3.72. The van der Waals surface area contributed by atoms with Gasteiger partial charge in [-0.2, -0.15) is 0 Å². The van der Waals surface area contributed by atoms with Crippen LogP contribution in [0.15, 0.2) is 83.8 Å². The van der Waals surface area contributed by atoms with E-state index in [0.29, 0.717) is 5.56 Å². The van der Waals surface area contributed by atoms with Gasteiger partial charge in [-0.3, -0.25) is 14.9 Å². The molecule has 3 aromatic rings. The molecule has 1 aliphatic rings. The van der Waals surface area contributed by atoms with Crippen molar-refractivity contribution in [3.05, 3.63) is 94.5 Å². The van der Waals surface area contributed by atoms with E-state index in [9.17, 15) is 23.3 Å². The summed E-state index contributed by atoms with van der Waals surface area (Å²) in [6, 6.07) is 21.4. The van der Waals surface area contributed by atoms with E-state index in [1.54, 1.807) is 19.1 Å². The van der Waals surface area contributed by atoms with Crippen LogP contribution in [0.4, 0.5) is 5.69 Å². The van der Waals surface area contributed by atoms with E-state index in [4.69, 9.17) is 0 Å². The van der Waals surface area contributed by atoms with Crippen molar-refractivity contribution >= 4 is 21.6 Å². The molecule has 0 radical (unpaired) electrons. The second-order valence-corrected chi connectivity index (χ2v) is 8.87. The summed E-state index contributed by atoms with van der Waals surface area (Å²) in [4.78, 5) is 22.6. The maximum absolute atomic E-state index is 13.2. The van der Waals surface area contributed by atoms with E-state index in [2.05, 4.69) is 0 Å². The summed E-state index contributed by atoms with van der Waals surface area (Å²) >= 11 is 0. The largest absolute Gasteiger partial charge is 0.289 e. The Morgan fingerprint density at radius 2 is 1.43 bits per heavy atom. The van der Waals surface area contributed by atoms with Crippen LogP contribution in [-0.4, -0.2) is 23.6 Å². The lowest BCUT2D eigenvalue weighted by Gasteiger charge is -2.44. The Labute approximate surface area is 173 Å². The van der Waals surface area contributed by atoms with Crippen molar-refractivity contribution in [3.63, 3.8) is 0 Å². The first kappa shape index (κ1) is 19.8. The Hall–Kier alpha value is -3.52. The van der Waals surface area contributed by atoms with E-state index in [1.807, 2.05) is 42.5 Å². The molecule has 3 aromatic carbocycles. The molecule has 1 aliphatic heterocycles. The summed E-state index contributed by atoms with van der Waals surface area (Å²) in [5, 5.41) is 11.3. The van der Waals surface area contributed by atoms with Gasteiger partial charge in [-0.1, -0.05) is 73.7 Å². The number of nitro groups is 1. The van der Waals surface area contributed by atoms with Gasteiger partial charge in [-0.05, 0) is 22.8 Å². The molecular weight excluding hydrogens is 404 g/mol. The fraction of sp³-hybridized carbons (Fsp3) is 0.136. The van der Waals surface area contributed by atoms with E-state index in [-0.39, 0.29) is 0 Å². The molecule has 8 heteroatoms. The maximum Gasteiger partial charge on any atom is 0.289 e. The van der Waals surface area contributed by atoms with E-state index >= 15 is 0 Å². The quantitative estimate of drug-likeness (QED) is 0.349. The molecule has 0 spiro atoms. The summed E-state index contributed by atoms with van der Waals surface area (Å²) in [6.45, 7) is 1.66. The average molecular weight is 422 g/mol. The average Bonchev–Trinajstić information content (AvgIpc) is 2.77. The van der Waals surface area contributed by atoms with Crippen LogP contribution in [0.3, 0.4) is 0 Å². The molecule has 152 valence electrons. The number of rotatable bonds is 5. The predicted octanol–water partition coefficient (Wildman–Crippen LogP) is 4.17. The van der Waals surface area contributed by atoms with Crippen molar-refractivity contribution in [3.8, 4) is 11.1 Å². The third-order valence-corrected chi connectivity index (χ3v) is 7.12. The standard InChI is InChI=1S/C22H18N2O5S/c1-15-21(18-13-11-17(12-14-18)16-7-3-2-4-8-16)23(22(15)25)30(28,29)20-10-6-5-9-19(20)24(26)27/h2-15,21H,1H3/t15-,21-/m1/s1. The second kappa shape index (κ2) is 7.38. The lowest BCUT2D eigenvalue weighted by molar-refractivity contribution is -0.387. The van der Waals surface area contributed by atoms with Crippen LogP contribution in [0, 0.1) is 16.0 Å². The van der Waals surface area contributed by atoms with Crippen molar-refractivity contribution in [1.29, 1.82) is 0 Å². The zero-order valence-electron chi connectivity index (χ0n) is 16.0. The topological polar surface area (TPSA) is 97.6 Å². The molecule has 1 saturated heterocycles. The van der Waals surface area contributed by atoms with Crippen LogP contribution >= 0.6 is 0 Å². The predicted molar refractivity (Wildman–Crippen MR) is 111 cm³/mol. The first-order valence-corrected chi connectivity index (χ1v) is 10.7. The number of amides is 1. The number of β-lactam (4-membered cyclic amide) rings is 1. The molecule has 1 amide bonds. The van der Waals surface area contributed by atoms with Crippen molar-refractivity contribution in [2.24, 2.45) is 5.92 Å². The number of benzene rings is 3. The normalized spacial score (nSPS) is 18.7. The zero-order chi connectivity index (χ0) is 21.5.